The molecule has 1 aromatic heterocycles. The largest absolute Gasteiger partial charge is 0.274 e. The molecule has 0 radical (unpaired) electrons. The van der Waals surface area contributed by atoms with Crippen molar-refractivity contribution >= 4 is 43.5 Å². The zero-order valence-electron chi connectivity index (χ0n) is 14.9. The number of nitrogens with one attached hydrogen (secondary N) is 1. The third kappa shape index (κ3) is 5.43. The van der Waals surface area contributed by atoms with Crippen molar-refractivity contribution in [3.8, 4) is 16.9 Å². The highest BCUT2D eigenvalue weighted by atomic mass is 79.9. The Hall–Kier alpha value is -2.16. The summed E-state index contributed by atoms with van der Waals surface area (Å²) >= 11 is 9.39. The molecule has 0 fully saturated rings. The van der Waals surface area contributed by atoms with E-state index < -0.39 is 15.9 Å². The van der Waals surface area contributed by atoms with Crippen LogP contribution in [0.15, 0.2) is 59.2 Å². The zero-order chi connectivity index (χ0) is 20.3. The third-order valence-corrected chi connectivity index (χ3v) is 5.30. The first-order valence-corrected chi connectivity index (χ1v) is 11.4. The molecule has 0 aliphatic rings. The Morgan fingerprint density at radius 1 is 1.14 bits per heavy atom. The molecule has 3 aromatic rings. The molecule has 0 atom stereocenters. The van der Waals surface area contributed by atoms with Crippen LogP contribution in [0.5, 0.6) is 0 Å². The quantitative estimate of drug-likeness (QED) is 0.576. The van der Waals surface area contributed by atoms with Crippen molar-refractivity contribution in [2.45, 2.75) is 12.8 Å². The lowest BCUT2D eigenvalue weighted by Gasteiger charge is -2.04. The molecule has 0 aliphatic carbocycles. The smallest absolute Gasteiger partial charge is 0.233 e. The van der Waals surface area contributed by atoms with Gasteiger partial charge in [0.1, 0.15) is 0 Å². The Balaban J connectivity index is 1.93. The number of nitrogens with zero attached hydrogens (tertiary/aromatic N) is 2. The van der Waals surface area contributed by atoms with Crippen LogP contribution in [0.1, 0.15) is 12.0 Å². The van der Waals surface area contributed by atoms with Crippen LogP contribution in [0.3, 0.4) is 0 Å². The fraction of sp³-hybridized carbons (Fsp3) is 0.158. The first-order chi connectivity index (χ1) is 13.2. The van der Waals surface area contributed by atoms with Gasteiger partial charge in [0.25, 0.3) is 0 Å². The molecule has 3 rings (SSSR count). The molecule has 0 bridgehead atoms. The van der Waals surface area contributed by atoms with Crippen LogP contribution < -0.4 is 4.72 Å². The summed E-state index contributed by atoms with van der Waals surface area (Å²) in [4.78, 5) is 11.9. The van der Waals surface area contributed by atoms with Gasteiger partial charge in [0.15, 0.2) is 0 Å². The first kappa shape index (κ1) is 20.6. The van der Waals surface area contributed by atoms with Gasteiger partial charge in [-0.2, -0.15) is 5.10 Å². The molecule has 0 spiro atoms. The first-order valence-electron chi connectivity index (χ1n) is 8.32. The number of amides is 1. The van der Waals surface area contributed by atoms with E-state index in [1.54, 1.807) is 16.8 Å². The molecule has 1 N–H and O–H groups in total. The Bertz CT molecular complexity index is 1090. The van der Waals surface area contributed by atoms with E-state index in [1.165, 1.54) is 0 Å². The highest BCUT2D eigenvalue weighted by molar-refractivity contribution is 9.10. The van der Waals surface area contributed by atoms with E-state index in [1.807, 2.05) is 47.3 Å². The summed E-state index contributed by atoms with van der Waals surface area (Å²) < 4.78 is 27.1. The summed E-state index contributed by atoms with van der Waals surface area (Å²) in [6, 6.07) is 14.9. The molecular weight excluding hydrogens is 466 g/mol. The van der Waals surface area contributed by atoms with Gasteiger partial charge in [-0.25, -0.2) is 13.1 Å². The number of carbonyl (C=O) groups is 1. The fourth-order valence-electron chi connectivity index (χ4n) is 2.68. The monoisotopic (exact) mass is 481 g/mol. The lowest BCUT2D eigenvalue weighted by atomic mass is 10.0. The van der Waals surface area contributed by atoms with Gasteiger partial charge in [-0.1, -0.05) is 39.7 Å². The normalized spacial score (nSPS) is 11.4. The van der Waals surface area contributed by atoms with Crippen molar-refractivity contribution in [3.63, 3.8) is 0 Å². The van der Waals surface area contributed by atoms with Crippen molar-refractivity contribution < 1.29 is 13.2 Å². The lowest BCUT2D eigenvalue weighted by molar-refractivity contribution is -0.119. The van der Waals surface area contributed by atoms with Crippen molar-refractivity contribution in [1.29, 1.82) is 0 Å². The Morgan fingerprint density at radius 3 is 2.39 bits per heavy atom. The van der Waals surface area contributed by atoms with E-state index in [0.717, 1.165) is 27.5 Å². The number of aryl methyl sites for hydroxylation is 1. The average Bonchev–Trinajstić information content (AvgIpc) is 3.04. The van der Waals surface area contributed by atoms with Gasteiger partial charge in [-0.15, -0.1) is 0 Å². The molecule has 146 valence electrons. The topological polar surface area (TPSA) is 81.1 Å². The van der Waals surface area contributed by atoms with Crippen LogP contribution in [0, 0.1) is 0 Å². The van der Waals surface area contributed by atoms with E-state index in [0.29, 0.717) is 17.1 Å². The van der Waals surface area contributed by atoms with Crippen molar-refractivity contribution in [2.75, 3.05) is 6.26 Å². The van der Waals surface area contributed by atoms with Gasteiger partial charge in [-0.3, -0.25) is 9.52 Å². The average molecular weight is 483 g/mol. The molecule has 28 heavy (non-hydrogen) atoms. The van der Waals surface area contributed by atoms with Gasteiger partial charge in [0.05, 0.1) is 17.6 Å². The minimum Gasteiger partial charge on any atom is -0.274 e. The predicted octanol–water partition coefficient (Wildman–Crippen LogP) is 3.96. The minimum absolute atomic E-state index is 0.0275. The number of sulfonamides is 1. The standard InChI is InChI=1S/C19H17BrClN3O3S/c1-28(26,27)23-18(25)11-4-14-12-24(17-9-5-15(20)6-10-17)22-19(14)13-2-7-16(21)8-3-13/h2-3,5-10,12H,4,11H2,1H3,(H,23,25). The van der Waals surface area contributed by atoms with Gasteiger partial charge in [0.2, 0.25) is 15.9 Å². The highest BCUT2D eigenvalue weighted by Crippen LogP contribution is 2.26. The molecule has 2 aromatic carbocycles. The van der Waals surface area contributed by atoms with Crippen LogP contribution in [0.4, 0.5) is 0 Å². The maximum Gasteiger partial charge on any atom is 0.233 e. The second kappa shape index (κ2) is 8.46. The van der Waals surface area contributed by atoms with Crippen LogP contribution >= 0.6 is 27.5 Å². The summed E-state index contributed by atoms with van der Waals surface area (Å²) in [7, 11) is -3.58. The number of carbonyl (C=O) groups excluding carboxylic acids is 1. The van der Waals surface area contributed by atoms with E-state index in [9.17, 15) is 13.2 Å². The number of benzene rings is 2. The molecular formula is C19H17BrClN3O3S. The van der Waals surface area contributed by atoms with E-state index >= 15 is 0 Å². The summed E-state index contributed by atoms with van der Waals surface area (Å²) in [5.74, 6) is -0.555. The molecule has 1 amide bonds. The molecule has 0 aliphatic heterocycles. The maximum absolute atomic E-state index is 11.9. The van der Waals surface area contributed by atoms with Crippen molar-refractivity contribution in [2.24, 2.45) is 0 Å². The van der Waals surface area contributed by atoms with Gasteiger partial charge in [-0.05, 0) is 48.4 Å². The fourth-order valence-corrected chi connectivity index (χ4v) is 3.58. The van der Waals surface area contributed by atoms with Crippen LogP contribution in [0.25, 0.3) is 16.9 Å². The van der Waals surface area contributed by atoms with Crippen molar-refractivity contribution in [3.05, 3.63) is 69.8 Å². The predicted molar refractivity (Wildman–Crippen MR) is 113 cm³/mol. The second-order valence-electron chi connectivity index (χ2n) is 6.23. The molecule has 1 heterocycles. The van der Waals surface area contributed by atoms with E-state index in [4.69, 9.17) is 11.6 Å². The van der Waals surface area contributed by atoms with E-state index in [-0.39, 0.29) is 6.42 Å². The van der Waals surface area contributed by atoms with Gasteiger partial charge >= 0.3 is 0 Å². The number of rotatable bonds is 6. The second-order valence-corrected chi connectivity index (χ2v) is 9.33. The molecule has 0 unspecified atom stereocenters. The minimum atomic E-state index is -3.58. The molecule has 0 saturated heterocycles. The Labute approximate surface area is 176 Å². The van der Waals surface area contributed by atoms with Gasteiger partial charge in [0, 0.05) is 27.7 Å². The maximum atomic E-state index is 11.9. The Morgan fingerprint density at radius 2 is 1.79 bits per heavy atom. The highest BCUT2D eigenvalue weighted by Gasteiger charge is 2.15. The van der Waals surface area contributed by atoms with Crippen LogP contribution in [-0.2, 0) is 21.2 Å². The van der Waals surface area contributed by atoms with E-state index in [2.05, 4.69) is 21.0 Å². The Kier molecular flexibility index (Phi) is 6.22. The zero-order valence-corrected chi connectivity index (χ0v) is 18.1. The van der Waals surface area contributed by atoms with Crippen molar-refractivity contribution in [1.82, 2.24) is 14.5 Å². The third-order valence-electron chi connectivity index (χ3n) is 3.92. The SMILES string of the molecule is CS(=O)(=O)NC(=O)CCc1cn(-c2ccc(Br)cc2)nc1-c1ccc(Cl)cc1. The summed E-state index contributed by atoms with van der Waals surface area (Å²) in [5.41, 5.74) is 3.27. The molecule has 6 nitrogen and oxygen atoms in total. The summed E-state index contributed by atoms with van der Waals surface area (Å²) in [5, 5.41) is 5.29. The number of hydrogen-bond donors (Lipinski definition) is 1. The number of hydrogen-bond acceptors (Lipinski definition) is 4. The van der Waals surface area contributed by atoms with Crippen LogP contribution in [-0.4, -0.2) is 30.4 Å². The molecule has 0 saturated carbocycles. The summed E-state index contributed by atoms with van der Waals surface area (Å²) in [6.45, 7) is 0. The molecule has 9 heteroatoms. The summed E-state index contributed by atoms with van der Waals surface area (Å²) in [6.07, 6.45) is 3.17. The number of aromatic nitrogens is 2. The van der Waals surface area contributed by atoms with Gasteiger partial charge < -0.3 is 0 Å². The lowest BCUT2D eigenvalue weighted by Crippen LogP contribution is -2.29. The van der Waals surface area contributed by atoms with Crippen LogP contribution in [0.2, 0.25) is 5.02 Å². The number of halogens is 2.